The molecule has 0 saturated heterocycles. The number of hydrogen-bond donors (Lipinski definition) is 1. The zero-order chi connectivity index (χ0) is 18.8. The van der Waals surface area contributed by atoms with Crippen molar-refractivity contribution >= 4 is 5.91 Å². The molecule has 1 unspecified atom stereocenters. The maximum absolute atomic E-state index is 12.9. The topological polar surface area (TPSA) is 43.2 Å². The molecule has 0 spiro atoms. The summed E-state index contributed by atoms with van der Waals surface area (Å²) in [5, 5.41) is 0. The number of benzene rings is 2. The van der Waals surface area contributed by atoms with E-state index in [1.54, 1.807) is 14.2 Å². The Balaban J connectivity index is 1.42. The Bertz CT molecular complexity index is 849. The normalized spacial score (nSPS) is 18.4. The summed E-state index contributed by atoms with van der Waals surface area (Å²) in [4.78, 5) is 16.3. The Morgan fingerprint density at radius 3 is 2.44 bits per heavy atom. The minimum Gasteiger partial charge on any atom is -0.493 e. The van der Waals surface area contributed by atoms with E-state index in [2.05, 4.69) is 24.3 Å². The van der Waals surface area contributed by atoms with E-state index in [-0.39, 0.29) is 5.91 Å². The average molecular weight is 367 g/mol. The number of fused-ring (bicyclic) bond motifs is 2. The lowest BCUT2D eigenvalue weighted by molar-refractivity contribution is -0.908. The van der Waals surface area contributed by atoms with E-state index < -0.39 is 0 Å². The van der Waals surface area contributed by atoms with Gasteiger partial charge in [-0.05, 0) is 35.2 Å². The summed E-state index contributed by atoms with van der Waals surface area (Å²) in [5.41, 5.74) is 5.22. The second-order valence-electron chi connectivity index (χ2n) is 7.41. The van der Waals surface area contributed by atoms with Crippen molar-refractivity contribution in [1.82, 2.24) is 4.90 Å². The highest BCUT2D eigenvalue weighted by Crippen LogP contribution is 2.33. The molecule has 5 heteroatoms. The molecule has 5 nitrogen and oxygen atoms in total. The van der Waals surface area contributed by atoms with Crippen LogP contribution in [0.15, 0.2) is 36.4 Å². The van der Waals surface area contributed by atoms with Gasteiger partial charge >= 0.3 is 0 Å². The number of carbonyl (C=O) groups is 1. The first kappa shape index (κ1) is 17.9. The Hall–Kier alpha value is -2.53. The molecule has 2 heterocycles. The Morgan fingerprint density at radius 1 is 1.00 bits per heavy atom. The van der Waals surface area contributed by atoms with Crippen LogP contribution in [0.4, 0.5) is 0 Å². The van der Waals surface area contributed by atoms with Gasteiger partial charge in [-0.2, -0.15) is 0 Å². The number of nitrogens with one attached hydrogen (secondary N) is 1. The maximum atomic E-state index is 12.9. The van der Waals surface area contributed by atoms with Crippen LogP contribution in [0, 0.1) is 0 Å². The van der Waals surface area contributed by atoms with Crippen molar-refractivity contribution in [1.29, 1.82) is 0 Å². The average Bonchev–Trinajstić information content (AvgIpc) is 2.72. The van der Waals surface area contributed by atoms with Crippen molar-refractivity contribution < 1.29 is 19.2 Å². The summed E-state index contributed by atoms with van der Waals surface area (Å²) in [6.07, 6.45) is 1.91. The number of rotatable bonds is 4. The molecule has 0 bridgehead atoms. The third kappa shape index (κ3) is 3.65. The van der Waals surface area contributed by atoms with Crippen molar-refractivity contribution in [3.63, 3.8) is 0 Å². The van der Waals surface area contributed by atoms with Gasteiger partial charge in [0.15, 0.2) is 18.0 Å². The summed E-state index contributed by atoms with van der Waals surface area (Å²) >= 11 is 0. The van der Waals surface area contributed by atoms with Gasteiger partial charge < -0.3 is 19.3 Å². The van der Waals surface area contributed by atoms with E-state index in [4.69, 9.17) is 9.47 Å². The highest BCUT2D eigenvalue weighted by atomic mass is 16.5. The first-order valence-corrected chi connectivity index (χ1v) is 9.60. The SMILES string of the molecule is COc1cc2c(cc1OC)CN(C(=O)C[NH+]1CCc3ccccc3C1)CC2. The fourth-order valence-corrected chi connectivity index (χ4v) is 4.22. The number of nitrogens with zero attached hydrogens (tertiary/aromatic N) is 1. The highest BCUT2D eigenvalue weighted by molar-refractivity contribution is 5.77. The fraction of sp³-hybridized carbons (Fsp3) is 0.409. The number of hydrogen-bond acceptors (Lipinski definition) is 3. The van der Waals surface area contributed by atoms with E-state index in [0.29, 0.717) is 13.1 Å². The van der Waals surface area contributed by atoms with Crippen molar-refractivity contribution in [3.8, 4) is 11.5 Å². The highest BCUT2D eigenvalue weighted by Gasteiger charge is 2.27. The van der Waals surface area contributed by atoms with Gasteiger partial charge in [0.1, 0.15) is 6.54 Å². The quantitative estimate of drug-likeness (QED) is 0.884. The van der Waals surface area contributed by atoms with Crippen molar-refractivity contribution in [2.45, 2.75) is 25.9 Å². The third-order valence-corrected chi connectivity index (χ3v) is 5.78. The van der Waals surface area contributed by atoms with E-state index >= 15 is 0 Å². The van der Waals surface area contributed by atoms with E-state index in [0.717, 1.165) is 49.5 Å². The van der Waals surface area contributed by atoms with Crippen LogP contribution in [0.25, 0.3) is 0 Å². The van der Waals surface area contributed by atoms with Crippen LogP contribution in [0.3, 0.4) is 0 Å². The van der Waals surface area contributed by atoms with Crippen molar-refractivity contribution in [2.24, 2.45) is 0 Å². The summed E-state index contributed by atoms with van der Waals surface area (Å²) < 4.78 is 10.8. The zero-order valence-corrected chi connectivity index (χ0v) is 16.1. The molecule has 1 atom stereocenters. The lowest BCUT2D eigenvalue weighted by Gasteiger charge is -2.32. The van der Waals surface area contributed by atoms with Gasteiger partial charge in [0.2, 0.25) is 0 Å². The lowest BCUT2D eigenvalue weighted by atomic mass is 9.98. The molecule has 2 aromatic rings. The summed E-state index contributed by atoms with van der Waals surface area (Å²) in [6, 6.07) is 12.6. The maximum Gasteiger partial charge on any atom is 0.278 e. The van der Waals surface area contributed by atoms with Gasteiger partial charge in [0, 0.05) is 25.1 Å². The summed E-state index contributed by atoms with van der Waals surface area (Å²) in [6.45, 7) is 3.95. The number of quaternary nitrogens is 1. The number of methoxy groups -OCH3 is 2. The molecule has 2 aromatic carbocycles. The molecule has 0 aromatic heterocycles. The number of ether oxygens (including phenoxy) is 2. The van der Waals surface area contributed by atoms with Gasteiger partial charge in [-0.25, -0.2) is 0 Å². The molecule has 0 aliphatic carbocycles. The Kier molecular flexibility index (Phi) is 5.03. The fourth-order valence-electron chi connectivity index (χ4n) is 4.22. The third-order valence-electron chi connectivity index (χ3n) is 5.78. The standard InChI is InChI=1S/C22H26N2O3/c1-26-20-11-17-8-10-24(14-19(17)12-21(20)27-2)22(25)15-23-9-7-16-5-3-4-6-18(16)13-23/h3-6,11-12H,7-10,13-15H2,1-2H3/p+1. The Morgan fingerprint density at radius 2 is 1.70 bits per heavy atom. The van der Waals surface area contributed by atoms with Gasteiger partial charge in [-0.3, -0.25) is 4.79 Å². The molecule has 0 saturated carbocycles. The number of carbonyl (C=O) groups excluding carboxylic acids is 1. The second kappa shape index (κ2) is 7.61. The Labute approximate surface area is 160 Å². The second-order valence-corrected chi connectivity index (χ2v) is 7.41. The van der Waals surface area contributed by atoms with Crippen LogP contribution < -0.4 is 14.4 Å². The summed E-state index contributed by atoms with van der Waals surface area (Å²) in [5.74, 6) is 1.72. The van der Waals surface area contributed by atoms with Gasteiger partial charge in [-0.15, -0.1) is 0 Å². The van der Waals surface area contributed by atoms with Crippen LogP contribution in [0.5, 0.6) is 11.5 Å². The lowest BCUT2D eigenvalue weighted by Crippen LogP contribution is -3.12. The molecule has 1 N–H and O–H groups in total. The van der Waals surface area contributed by atoms with E-state index in [9.17, 15) is 4.79 Å². The molecule has 2 aliphatic heterocycles. The monoisotopic (exact) mass is 367 g/mol. The smallest absolute Gasteiger partial charge is 0.278 e. The first-order valence-electron chi connectivity index (χ1n) is 9.60. The van der Waals surface area contributed by atoms with Crippen LogP contribution in [-0.2, 0) is 30.7 Å². The largest absolute Gasteiger partial charge is 0.493 e. The zero-order valence-electron chi connectivity index (χ0n) is 16.1. The van der Waals surface area contributed by atoms with Crippen molar-refractivity contribution in [2.75, 3.05) is 33.9 Å². The van der Waals surface area contributed by atoms with Crippen LogP contribution >= 0.6 is 0 Å². The van der Waals surface area contributed by atoms with E-state index in [1.165, 1.54) is 21.6 Å². The van der Waals surface area contributed by atoms with Gasteiger partial charge in [0.05, 0.1) is 20.8 Å². The van der Waals surface area contributed by atoms with Crippen LogP contribution in [0.2, 0.25) is 0 Å². The van der Waals surface area contributed by atoms with Crippen LogP contribution in [-0.4, -0.2) is 44.7 Å². The molecule has 0 fully saturated rings. The molecular weight excluding hydrogens is 340 g/mol. The molecule has 2 aliphatic rings. The minimum absolute atomic E-state index is 0.241. The summed E-state index contributed by atoms with van der Waals surface area (Å²) in [7, 11) is 3.30. The minimum atomic E-state index is 0.241. The van der Waals surface area contributed by atoms with Gasteiger partial charge in [0.25, 0.3) is 5.91 Å². The van der Waals surface area contributed by atoms with E-state index in [1.807, 2.05) is 17.0 Å². The predicted octanol–water partition coefficient (Wildman–Crippen LogP) is 1.23. The predicted molar refractivity (Wildman–Crippen MR) is 103 cm³/mol. The number of amides is 1. The molecule has 1 amide bonds. The van der Waals surface area contributed by atoms with Crippen LogP contribution in [0.1, 0.15) is 22.3 Å². The molecule has 142 valence electrons. The first-order chi connectivity index (χ1) is 13.2. The van der Waals surface area contributed by atoms with Crippen molar-refractivity contribution in [3.05, 3.63) is 58.7 Å². The molecule has 4 rings (SSSR count). The molecular formula is C22H27N2O3+. The molecule has 0 radical (unpaired) electrons. The molecule has 27 heavy (non-hydrogen) atoms. The van der Waals surface area contributed by atoms with Gasteiger partial charge in [-0.1, -0.05) is 24.3 Å².